The molecule has 3 rings (SSSR count). The fourth-order valence-electron chi connectivity index (χ4n) is 2.75. The van der Waals surface area contributed by atoms with Crippen LogP contribution in [0.4, 0.5) is 0 Å². The van der Waals surface area contributed by atoms with Crippen molar-refractivity contribution in [3.8, 4) is 5.75 Å². The summed E-state index contributed by atoms with van der Waals surface area (Å²) in [6.45, 7) is 1.51. The lowest BCUT2D eigenvalue weighted by molar-refractivity contribution is -0.141. The fraction of sp³-hybridized carbons (Fsp3) is 0.238. The molecule has 2 aromatic carbocycles. The molecule has 0 bridgehead atoms. The van der Waals surface area contributed by atoms with Crippen molar-refractivity contribution in [3.63, 3.8) is 0 Å². The van der Waals surface area contributed by atoms with Crippen LogP contribution in [-0.2, 0) is 25.6 Å². The van der Waals surface area contributed by atoms with E-state index in [4.69, 9.17) is 14.2 Å². The highest BCUT2D eigenvalue weighted by Crippen LogP contribution is 2.20. The number of ether oxygens (including phenoxy) is 3. The highest BCUT2D eigenvalue weighted by molar-refractivity contribution is 7.16. The molecule has 0 aliphatic heterocycles. The van der Waals surface area contributed by atoms with E-state index >= 15 is 0 Å². The Morgan fingerprint density at radius 3 is 2.53 bits per heavy atom. The lowest BCUT2D eigenvalue weighted by Crippen LogP contribution is -2.23. The molecule has 3 aromatic rings. The van der Waals surface area contributed by atoms with E-state index < -0.39 is 17.8 Å². The van der Waals surface area contributed by atoms with Crippen LogP contribution in [0.2, 0.25) is 0 Å². The van der Waals surface area contributed by atoms with E-state index in [-0.39, 0.29) is 13.2 Å². The quantitative estimate of drug-likeness (QED) is 0.560. The number of rotatable bonds is 6. The number of hydrogen-bond acceptors (Lipinski definition) is 7. The third kappa shape index (κ3) is 4.74. The number of fused-ring (bicyclic) bond motifs is 1. The van der Waals surface area contributed by atoms with Crippen LogP contribution in [0.3, 0.4) is 0 Å². The number of para-hydroxylation sites is 1. The third-order valence-corrected chi connectivity index (χ3v) is 5.32. The van der Waals surface area contributed by atoms with Crippen LogP contribution in [0, 0.1) is 6.92 Å². The number of aryl methyl sites for hydroxylation is 1. The number of methoxy groups -OCH3 is 2. The minimum Gasteiger partial charge on any atom is -0.483 e. The van der Waals surface area contributed by atoms with E-state index in [1.807, 2.05) is 25.1 Å². The second-order valence-electron chi connectivity index (χ2n) is 6.28. The van der Waals surface area contributed by atoms with Crippen molar-refractivity contribution in [2.45, 2.75) is 13.5 Å². The van der Waals surface area contributed by atoms with Crippen LogP contribution in [0.25, 0.3) is 10.2 Å². The van der Waals surface area contributed by atoms with Gasteiger partial charge in [-0.3, -0.25) is 9.59 Å². The molecular formula is C21H20N2O6S. The summed E-state index contributed by atoms with van der Waals surface area (Å²) >= 11 is 1.18. The molecule has 0 fully saturated rings. The van der Waals surface area contributed by atoms with Gasteiger partial charge in [-0.05, 0) is 36.8 Å². The molecule has 30 heavy (non-hydrogen) atoms. The molecule has 0 aliphatic rings. The molecule has 0 aliphatic carbocycles. The second-order valence-corrected chi connectivity index (χ2v) is 7.29. The Bertz CT molecular complexity index is 1180. The average Bonchev–Trinajstić information content (AvgIpc) is 3.08. The zero-order chi connectivity index (χ0) is 21.7. The van der Waals surface area contributed by atoms with Gasteiger partial charge in [0.25, 0.3) is 5.91 Å². The molecule has 0 N–H and O–H groups in total. The first-order chi connectivity index (χ1) is 14.4. The molecule has 9 heteroatoms. The molecule has 1 heterocycles. The van der Waals surface area contributed by atoms with Gasteiger partial charge in [0.1, 0.15) is 12.3 Å². The normalized spacial score (nSPS) is 11.4. The number of esters is 2. The summed E-state index contributed by atoms with van der Waals surface area (Å²) < 4.78 is 17.3. The Kier molecular flexibility index (Phi) is 6.63. The van der Waals surface area contributed by atoms with Crippen molar-refractivity contribution < 1.29 is 28.6 Å². The summed E-state index contributed by atoms with van der Waals surface area (Å²) in [5, 5.41) is 0. The maximum atomic E-state index is 12.4. The molecule has 0 saturated carbocycles. The standard InChI is InChI=1S/C21H20N2O6S/c1-13-6-4-5-7-16(13)29-12-18(24)22-21-23(11-19(25)27-2)15-9-8-14(20(26)28-3)10-17(15)30-21/h4-10H,11-12H2,1-3H3. The Hall–Kier alpha value is -3.46. The summed E-state index contributed by atoms with van der Waals surface area (Å²) in [4.78, 5) is 40.5. The van der Waals surface area contributed by atoms with Crippen molar-refractivity contribution in [3.05, 3.63) is 58.4 Å². The molecule has 0 atom stereocenters. The van der Waals surface area contributed by atoms with Gasteiger partial charge in [-0.15, -0.1) is 0 Å². The van der Waals surface area contributed by atoms with Gasteiger partial charge < -0.3 is 18.8 Å². The predicted octanol–water partition coefficient (Wildman–Crippen LogP) is 2.48. The van der Waals surface area contributed by atoms with E-state index in [1.54, 1.807) is 28.8 Å². The summed E-state index contributed by atoms with van der Waals surface area (Å²) in [7, 11) is 2.58. The maximum Gasteiger partial charge on any atom is 0.337 e. The first-order valence-corrected chi connectivity index (χ1v) is 9.79. The SMILES string of the molecule is COC(=O)Cn1c(=NC(=O)COc2ccccc2C)sc2cc(C(=O)OC)ccc21. The van der Waals surface area contributed by atoms with Crippen molar-refractivity contribution in [2.24, 2.45) is 4.99 Å². The number of aromatic nitrogens is 1. The molecule has 1 amide bonds. The second kappa shape index (κ2) is 9.36. The highest BCUT2D eigenvalue weighted by Gasteiger charge is 2.14. The van der Waals surface area contributed by atoms with E-state index in [1.165, 1.54) is 25.6 Å². The minimum absolute atomic E-state index is 0.126. The van der Waals surface area contributed by atoms with Gasteiger partial charge in [0, 0.05) is 0 Å². The van der Waals surface area contributed by atoms with Gasteiger partial charge in [0.15, 0.2) is 11.4 Å². The number of benzene rings is 2. The van der Waals surface area contributed by atoms with Gasteiger partial charge >= 0.3 is 11.9 Å². The molecule has 156 valence electrons. The molecule has 0 radical (unpaired) electrons. The van der Waals surface area contributed by atoms with E-state index in [0.29, 0.717) is 26.3 Å². The van der Waals surface area contributed by atoms with Crippen LogP contribution < -0.4 is 9.54 Å². The van der Waals surface area contributed by atoms with Gasteiger partial charge in [-0.25, -0.2) is 4.79 Å². The van der Waals surface area contributed by atoms with Crippen LogP contribution in [0.1, 0.15) is 15.9 Å². The molecule has 0 unspecified atom stereocenters. The fourth-order valence-corrected chi connectivity index (χ4v) is 3.83. The number of nitrogens with zero attached hydrogens (tertiary/aromatic N) is 2. The molecular weight excluding hydrogens is 408 g/mol. The van der Waals surface area contributed by atoms with E-state index in [9.17, 15) is 14.4 Å². The number of hydrogen-bond donors (Lipinski definition) is 0. The van der Waals surface area contributed by atoms with Crippen molar-refractivity contribution >= 4 is 39.4 Å². The zero-order valence-electron chi connectivity index (χ0n) is 16.7. The average molecular weight is 428 g/mol. The maximum absolute atomic E-state index is 12.4. The van der Waals surface area contributed by atoms with E-state index in [0.717, 1.165) is 5.56 Å². The van der Waals surface area contributed by atoms with Crippen LogP contribution in [0.15, 0.2) is 47.5 Å². The smallest absolute Gasteiger partial charge is 0.337 e. The number of carbonyl (C=O) groups is 3. The minimum atomic E-state index is -0.503. The summed E-state index contributed by atoms with van der Waals surface area (Å²) in [6.07, 6.45) is 0. The van der Waals surface area contributed by atoms with Gasteiger partial charge in [-0.1, -0.05) is 29.5 Å². The van der Waals surface area contributed by atoms with Gasteiger partial charge in [0.2, 0.25) is 0 Å². The Morgan fingerprint density at radius 2 is 1.83 bits per heavy atom. The molecule has 0 spiro atoms. The van der Waals surface area contributed by atoms with Crippen molar-refractivity contribution in [1.29, 1.82) is 0 Å². The predicted molar refractivity (Wildman–Crippen MR) is 110 cm³/mol. The summed E-state index contributed by atoms with van der Waals surface area (Å²) in [6, 6.07) is 12.2. The highest BCUT2D eigenvalue weighted by atomic mass is 32.1. The first kappa shape index (κ1) is 21.3. The van der Waals surface area contributed by atoms with Gasteiger partial charge in [0.05, 0.1) is 30.0 Å². The molecule has 1 aromatic heterocycles. The Balaban J connectivity index is 1.96. The van der Waals surface area contributed by atoms with E-state index in [2.05, 4.69) is 4.99 Å². The number of amides is 1. The summed E-state index contributed by atoms with van der Waals surface area (Å²) in [5.41, 5.74) is 1.91. The van der Waals surface area contributed by atoms with Crippen LogP contribution in [-0.4, -0.2) is 43.2 Å². The largest absolute Gasteiger partial charge is 0.483 e. The van der Waals surface area contributed by atoms with Crippen LogP contribution >= 0.6 is 11.3 Å². The number of thiazole rings is 1. The van der Waals surface area contributed by atoms with Crippen LogP contribution in [0.5, 0.6) is 5.75 Å². The first-order valence-electron chi connectivity index (χ1n) is 8.97. The topological polar surface area (TPSA) is 96.2 Å². The summed E-state index contributed by atoms with van der Waals surface area (Å²) in [5.74, 6) is -0.873. The monoisotopic (exact) mass is 428 g/mol. The zero-order valence-corrected chi connectivity index (χ0v) is 17.5. The Morgan fingerprint density at radius 1 is 1.07 bits per heavy atom. The lowest BCUT2D eigenvalue weighted by Gasteiger charge is -2.06. The van der Waals surface area contributed by atoms with Gasteiger partial charge in [-0.2, -0.15) is 4.99 Å². The lowest BCUT2D eigenvalue weighted by atomic mass is 10.2. The third-order valence-electron chi connectivity index (χ3n) is 4.28. The van der Waals surface area contributed by atoms with Crippen molar-refractivity contribution in [2.75, 3.05) is 20.8 Å². The molecule has 8 nitrogen and oxygen atoms in total. The molecule has 0 saturated heterocycles. The van der Waals surface area contributed by atoms with Crippen molar-refractivity contribution in [1.82, 2.24) is 4.57 Å². The Labute approximate surface area is 176 Å². The number of carbonyl (C=O) groups excluding carboxylic acids is 3.